The van der Waals surface area contributed by atoms with Crippen LogP contribution < -0.4 is 15.4 Å². The molecule has 0 saturated carbocycles. The summed E-state index contributed by atoms with van der Waals surface area (Å²) in [6, 6.07) is 8.38. The highest BCUT2D eigenvalue weighted by molar-refractivity contribution is 5.57. The van der Waals surface area contributed by atoms with Crippen LogP contribution in [0.5, 0.6) is 5.75 Å². The Morgan fingerprint density at radius 2 is 2.05 bits per heavy atom. The Balaban J connectivity index is 1.86. The van der Waals surface area contributed by atoms with Crippen molar-refractivity contribution in [3.63, 3.8) is 0 Å². The lowest BCUT2D eigenvalue weighted by atomic mass is 10.0. The van der Waals surface area contributed by atoms with Crippen LogP contribution in [-0.4, -0.2) is 23.1 Å². The molecule has 2 heterocycles. The van der Waals surface area contributed by atoms with E-state index in [0.29, 0.717) is 0 Å². The molecule has 21 heavy (non-hydrogen) atoms. The Labute approximate surface area is 124 Å². The van der Waals surface area contributed by atoms with Crippen molar-refractivity contribution in [2.45, 2.75) is 26.3 Å². The molecule has 110 valence electrons. The normalized spacial score (nSPS) is 16.8. The number of anilines is 2. The van der Waals surface area contributed by atoms with Crippen molar-refractivity contribution in [1.29, 1.82) is 0 Å². The second-order valence-corrected chi connectivity index (χ2v) is 5.10. The molecule has 1 aromatic carbocycles. The molecule has 0 saturated heterocycles. The van der Waals surface area contributed by atoms with Gasteiger partial charge in [-0.2, -0.15) is 0 Å². The van der Waals surface area contributed by atoms with Crippen molar-refractivity contribution in [3.05, 3.63) is 41.7 Å². The highest BCUT2D eigenvalue weighted by Crippen LogP contribution is 2.34. The summed E-state index contributed by atoms with van der Waals surface area (Å²) >= 11 is 0. The zero-order valence-electron chi connectivity index (χ0n) is 12.4. The zero-order chi connectivity index (χ0) is 14.7. The molecule has 1 aliphatic rings. The minimum absolute atomic E-state index is 0.220. The van der Waals surface area contributed by atoms with Crippen molar-refractivity contribution in [1.82, 2.24) is 9.97 Å². The molecule has 1 aliphatic heterocycles. The molecular weight excluding hydrogens is 264 g/mol. The molecule has 0 bridgehead atoms. The van der Waals surface area contributed by atoms with Gasteiger partial charge in [0.05, 0.1) is 12.6 Å². The topological polar surface area (TPSA) is 59.1 Å². The fraction of sp³-hybridized carbons (Fsp3) is 0.375. The van der Waals surface area contributed by atoms with Gasteiger partial charge in [-0.05, 0) is 19.9 Å². The van der Waals surface area contributed by atoms with Crippen molar-refractivity contribution >= 4 is 11.6 Å². The van der Waals surface area contributed by atoms with E-state index in [1.807, 2.05) is 25.1 Å². The molecule has 1 aromatic heterocycles. The largest absolute Gasteiger partial charge is 0.493 e. The molecule has 1 atom stereocenters. The molecule has 5 heteroatoms. The van der Waals surface area contributed by atoms with Gasteiger partial charge in [0.2, 0.25) is 0 Å². The number of nitrogens with zero attached hydrogens (tertiary/aromatic N) is 2. The van der Waals surface area contributed by atoms with E-state index in [2.05, 4.69) is 33.6 Å². The van der Waals surface area contributed by atoms with Gasteiger partial charge in [-0.1, -0.05) is 18.2 Å². The third kappa shape index (κ3) is 2.77. The Hall–Kier alpha value is -2.30. The number of benzene rings is 1. The average Bonchev–Trinajstić information content (AvgIpc) is 2.52. The maximum absolute atomic E-state index is 5.70. The Morgan fingerprint density at radius 1 is 1.24 bits per heavy atom. The molecule has 5 nitrogen and oxygen atoms in total. The number of ether oxygens (including phenoxy) is 1. The van der Waals surface area contributed by atoms with E-state index < -0.39 is 0 Å². The number of fused-ring (bicyclic) bond motifs is 1. The van der Waals surface area contributed by atoms with E-state index in [0.717, 1.165) is 42.5 Å². The molecular formula is C16H20N4O. The molecule has 0 fully saturated rings. The minimum atomic E-state index is 0.220. The van der Waals surface area contributed by atoms with Gasteiger partial charge < -0.3 is 15.4 Å². The molecule has 2 aromatic rings. The maximum Gasteiger partial charge on any atom is 0.134 e. The lowest BCUT2D eigenvalue weighted by molar-refractivity contribution is 0.274. The molecule has 0 spiro atoms. The molecule has 1 unspecified atom stereocenters. The fourth-order valence-electron chi connectivity index (χ4n) is 2.60. The van der Waals surface area contributed by atoms with E-state index in [1.54, 1.807) is 6.33 Å². The second kappa shape index (κ2) is 5.99. The van der Waals surface area contributed by atoms with Crippen molar-refractivity contribution in [3.8, 4) is 5.75 Å². The van der Waals surface area contributed by atoms with Crippen molar-refractivity contribution in [2.24, 2.45) is 0 Å². The number of nitrogens with one attached hydrogen (secondary N) is 2. The van der Waals surface area contributed by atoms with Gasteiger partial charge in [-0.25, -0.2) is 9.97 Å². The summed E-state index contributed by atoms with van der Waals surface area (Å²) in [7, 11) is 0. The summed E-state index contributed by atoms with van der Waals surface area (Å²) in [6.07, 6.45) is 2.52. The quantitative estimate of drug-likeness (QED) is 0.903. The first-order valence-corrected chi connectivity index (χ1v) is 7.33. The maximum atomic E-state index is 5.70. The van der Waals surface area contributed by atoms with Crippen LogP contribution >= 0.6 is 0 Å². The van der Waals surface area contributed by atoms with Crippen LogP contribution in [0.2, 0.25) is 0 Å². The van der Waals surface area contributed by atoms with Crippen LogP contribution in [0.1, 0.15) is 30.5 Å². The van der Waals surface area contributed by atoms with Gasteiger partial charge >= 0.3 is 0 Å². The summed E-state index contributed by atoms with van der Waals surface area (Å²) < 4.78 is 5.70. The summed E-state index contributed by atoms with van der Waals surface area (Å²) in [4.78, 5) is 8.66. The molecule has 3 rings (SSSR count). The van der Waals surface area contributed by atoms with Crippen LogP contribution in [0.4, 0.5) is 11.6 Å². The summed E-state index contributed by atoms with van der Waals surface area (Å²) in [6.45, 7) is 5.66. The van der Waals surface area contributed by atoms with Gasteiger partial charge in [-0.3, -0.25) is 0 Å². The van der Waals surface area contributed by atoms with E-state index in [4.69, 9.17) is 4.74 Å². The first kappa shape index (κ1) is 13.7. The van der Waals surface area contributed by atoms with Gasteiger partial charge in [0.25, 0.3) is 0 Å². The van der Waals surface area contributed by atoms with Crippen LogP contribution in [0, 0.1) is 6.92 Å². The Bertz CT molecular complexity index is 629. The molecule has 0 amide bonds. The van der Waals surface area contributed by atoms with E-state index in [1.165, 1.54) is 5.56 Å². The van der Waals surface area contributed by atoms with Crippen molar-refractivity contribution in [2.75, 3.05) is 23.8 Å². The lowest BCUT2D eigenvalue weighted by Crippen LogP contribution is -2.21. The minimum Gasteiger partial charge on any atom is -0.493 e. The second-order valence-electron chi connectivity index (χ2n) is 5.10. The van der Waals surface area contributed by atoms with Crippen LogP contribution in [0.25, 0.3) is 0 Å². The van der Waals surface area contributed by atoms with E-state index in [-0.39, 0.29) is 6.04 Å². The van der Waals surface area contributed by atoms with Gasteiger partial charge in [-0.15, -0.1) is 0 Å². The zero-order valence-corrected chi connectivity index (χ0v) is 12.4. The Kier molecular flexibility index (Phi) is 3.90. The molecule has 0 radical (unpaired) electrons. The highest BCUT2D eigenvalue weighted by Gasteiger charge is 2.22. The lowest BCUT2D eigenvalue weighted by Gasteiger charge is -2.27. The van der Waals surface area contributed by atoms with Gasteiger partial charge in [0.1, 0.15) is 23.7 Å². The summed E-state index contributed by atoms with van der Waals surface area (Å²) in [5.41, 5.74) is 2.23. The third-order valence-electron chi connectivity index (χ3n) is 3.70. The molecule has 0 aliphatic carbocycles. The summed E-state index contributed by atoms with van der Waals surface area (Å²) in [5, 5.41) is 6.79. The predicted molar refractivity (Wildman–Crippen MR) is 83.9 cm³/mol. The number of rotatable bonds is 4. The third-order valence-corrected chi connectivity index (χ3v) is 3.70. The van der Waals surface area contributed by atoms with Crippen molar-refractivity contribution < 1.29 is 4.74 Å². The fourth-order valence-corrected chi connectivity index (χ4v) is 2.60. The first-order valence-electron chi connectivity index (χ1n) is 7.33. The number of hydrogen-bond donors (Lipinski definition) is 2. The monoisotopic (exact) mass is 284 g/mol. The predicted octanol–water partition coefficient (Wildman–Crippen LogP) is 3.15. The van der Waals surface area contributed by atoms with Crippen LogP contribution in [0.15, 0.2) is 30.6 Å². The van der Waals surface area contributed by atoms with Gasteiger partial charge in [0, 0.05) is 24.1 Å². The number of para-hydroxylation sites is 1. The number of aromatic nitrogens is 2. The number of hydrogen-bond acceptors (Lipinski definition) is 5. The van der Waals surface area contributed by atoms with Gasteiger partial charge in [0.15, 0.2) is 0 Å². The van der Waals surface area contributed by atoms with E-state index >= 15 is 0 Å². The smallest absolute Gasteiger partial charge is 0.134 e. The Morgan fingerprint density at radius 3 is 2.90 bits per heavy atom. The van der Waals surface area contributed by atoms with Crippen LogP contribution in [0.3, 0.4) is 0 Å². The first-order chi connectivity index (χ1) is 10.3. The SMILES string of the molecule is CCNc1ncnc(NC2CCOc3ccccc32)c1C. The standard InChI is InChI=1S/C16H20N4O/c1-3-17-15-11(2)16(19-10-18-15)20-13-8-9-21-14-7-5-4-6-12(13)14/h4-7,10,13H,3,8-9H2,1-2H3,(H2,17,18,19,20). The van der Waals surface area contributed by atoms with E-state index in [9.17, 15) is 0 Å². The highest BCUT2D eigenvalue weighted by atomic mass is 16.5. The summed E-state index contributed by atoms with van der Waals surface area (Å²) in [5.74, 6) is 2.72. The average molecular weight is 284 g/mol. The molecule has 2 N–H and O–H groups in total. The van der Waals surface area contributed by atoms with Crippen LogP contribution in [-0.2, 0) is 0 Å².